The highest BCUT2D eigenvalue weighted by atomic mass is 16.5. The highest BCUT2D eigenvalue weighted by Gasteiger charge is 2.24. The molecule has 3 atom stereocenters. The molecular weight excluding hydrogens is 194 g/mol. The zero-order chi connectivity index (χ0) is 11.4. The minimum atomic E-state index is -0.109. The average molecular weight is 215 g/mol. The molecule has 0 saturated carbocycles. The molecule has 1 heterocycles. The molecule has 1 aliphatic rings. The average Bonchev–Trinajstić information content (AvgIpc) is 2.14. The summed E-state index contributed by atoms with van der Waals surface area (Å²) in [7, 11) is 0. The molecule has 1 saturated heterocycles. The van der Waals surface area contributed by atoms with Gasteiger partial charge in [-0.3, -0.25) is 15.1 Å². The zero-order valence-corrected chi connectivity index (χ0v) is 9.69. The Labute approximate surface area is 90.9 Å². The van der Waals surface area contributed by atoms with Gasteiger partial charge in [0.2, 0.25) is 5.91 Å². The van der Waals surface area contributed by atoms with E-state index in [9.17, 15) is 4.79 Å². The zero-order valence-electron chi connectivity index (χ0n) is 9.69. The Balaban J connectivity index is 2.40. The molecule has 0 aliphatic carbocycles. The number of carbonyl (C=O) groups is 1. The van der Waals surface area contributed by atoms with E-state index in [-0.39, 0.29) is 24.0 Å². The Morgan fingerprint density at radius 1 is 1.53 bits per heavy atom. The van der Waals surface area contributed by atoms with E-state index in [1.54, 1.807) is 0 Å². The third kappa shape index (κ3) is 3.77. The fraction of sp³-hybridized carbons (Fsp3) is 0.900. The first-order valence-electron chi connectivity index (χ1n) is 5.41. The van der Waals surface area contributed by atoms with Gasteiger partial charge in [-0.1, -0.05) is 6.92 Å². The summed E-state index contributed by atoms with van der Waals surface area (Å²) in [5.74, 6) is 4.90. The van der Waals surface area contributed by atoms with Gasteiger partial charge in [-0.05, 0) is 13.8 Å². The highest BCUT2D eigenvalue weighted by Crippen LogP contribution is 2.12. The molecule has 1 rings (SSSR count). The van der Waals surface area contributed by atoms with Crippen LogP contribution in [0.3, 0.4) is 0 Å². The summed E-state index contributed by atoms with van der Waals surface area (Å²) in [6.45, 7) is 8.49. The van der Waals surface area contributed by atoms with E-state index in [0.717, 1.165) is 19.6 Å². The van der Waals surface area contributed by atoms with Crippen molar-refractivity contribution in [3.63, 3.8) is 0 Å². The predicted octanol–water partition coefficient (Wildman–Crippen LogP) is -0.278. The molecular formula is C10H21N3O2. The Bertz CT molecular complexity index is 213. The summed E-state index contributed by atoms with van der Waals surface area (Å²) in [6, 6.07) is 0. The van der Waals surface area contributed by atoms with Crippen molar-refractivity contribution in [1.82, 2.24) is 10.3 Å². The highest BCUT2D eigenvalue weighted by molar-refractivity contribution is 5.77. The normalized spacial score (nSPS) is 29.9. The summed E-state index contributed by atoms with van der Waals surface area (Å²) >= 11 is 0. The first kappa shape index (κ1) is 12.4. The number of ether oxygens (including phenoxy) is 1. The summed E-state index contributed by atoms with van der Waals surface area (Å²) in [4.78, 5) is 13.5. The molecule has 0 radical (unpaired) electrons. The molecule has 0 aromatic rings. The fourth-order valence-corrected chi connectivity index (χ4v) is 2.05. The summed E-state index contributed by atoms with van der Waals surface area (Å²) < 4.78 is 5.62. The van der Waals surface area contributed by atoms with Crippen LogP contribution in [0.1, 0.15) is 20.8 Å². The Morgan fingerprint density at radius 2 is 2.07 bits per heavy atom. The van der Waals surface area contributed by atoms with Gasteiger partial charge in [-0.25, -0.2) is 5.84 Å². The smallest absolute Gasteiger partial charge is 0.237 e. The number of nitrogens with one attached hydrogen (secondary N) is 1. The molecule has 3 N–H and O–H groups in total. The van der Waals surface area contributed by atoms with Gasteiger partial charge in [0.15, 0.2) is 0 Å². The van der Waals surface area contributed by atoms with E-state index in [4.69, 9.17) is 10.6 Å². The minimum absolute atomic E-state index is 0.0764. The topological polar surface area (TPSA) is 67.6 Å². The maximum absolute atomic E-state index is 11.3. The predicted molar refractivity (Wildman–Crippen MR) is 57.9 cm³/mol. The van der Waals surface area contributed by atoms with E-state index >= 15 is 0 Å². The summed E-state index contributed by atoms with van der Waals surface area (Å²) in [5, 5.41) is 0. The molecule has 5 heteroatoms. The second kappa shape index (κ2) is 5.44. The summed E-state index contributed by atoms with van der Waals surface area (Å²) in [5.41, 5.74) is 2.18. The lowest BCUT2D eigenvalue weighted by Crippen LogP contribution is -2.49. The Hall–Kier alpha value is -0.650. The van der Waals surface area contributed by atoms with Crippen molar-refractivity contribution in [1.29, 1.82) is 0 Å². The third-order valence-corrected chi connectivity index (χ3v) is 2.62. The van der Waals surface area contributed by atoms with Crippen LogP contribution in [0.2, 0.25) is 0 Å². The van der Waals surface area contributed by atoms with Crippen molar-refractivity contribution in [3.8, 4) is 0 Å². The van der Waals surface area contributed by atoms with E-state index in [2.05, 4.69) is 24.2 Å². The number of nitrogens with zero attached hydrogens (tertiary/aromatic N) is 1. The largest absolute Gasteiger partial charge is 0.373 e. The lowest BCUT2D eigenvalue weighted by Gasteiger charge is -2.36. The number of hydrogen-bond acceptors (Lipinski definition) is 4. The maximum atomic E-state index is 11.3. The SMILES string of the molecule is C[C@@H]1CN(C[C@H](C)C(=O)NN)C[C@@H](C)O1. The van der Waals surface area contributed by atoms with Crippen molar-refractivity contribution < 1.29 is 9.53 Å². The van der Waals surface area contributed by atoms with Crippen LogP contribution in [0.15, 0.2) is 0 Å². The van der Waals surface area contributed by atoms with Crippen LogP contribution in [0.25, 0.3) is 0 Å². The molecule has 0 bridgehead atoms. The van der Waals surface area contributed by atoms with Gasteiger partial charge in [0, 0.05) is 25.6 Å². The van der Waals surface area contributed by atoms with E-state index in [0.29, 0.717) is 0 Å². The number of hydrazine groups is 1. The molecule has 0 spiro atoms. The number of carbonyl (C=O) groups excluding carboxylic acids is 1. The first-order chi connectivity index (χ1) is 7.02. The third-order valence-electron chi connectivity index (χ3n) is 2.62. The second-order valence-corrected chi connectivity index (χ2v) is 4.39. The molecule has 1 aliphatic heterocycles. The lowest BCUT2D eigenvalue weighted by molar-refractivity contribution is -0.126. The van der Waals surface area contributed by atoms with Gasteiger partial charge in [0.1, 0.15) is 0 Å². The van der Waals surface area contributed by atoms with Gasteiger partial charge in [-0.2, -0.15) is 0 Å². The molecule has 0 aromatic heterocycles. The van der Waals surface area contributed by atoms with Crippen molar-refractivity contribution in [2.75, 3.05) is 19.6 Å². The maximum Gasteiger partial charge on any atom is 0.237 e. The number of rotatable bonds is 3. The van der Waals surface area contributed by atoms with Crippen molar-refractivity contribution in [3.05, 3.63) is 0 Å². The number of morpholine rings is 1. The fourth-order valence-electron chi connectivity index (χ4n) is 2.05. The van der Waals surface area contributed by atoms with E-state index in [1.165, 1.54) is 0 Å². The lowest BCUT2D eigenvalue weighted by atomic mass is 10.1. The van der Waals surface area contributed by atoms with E-state index < -0.39 is 0 Å². The van der Waals surface area contributed by atoms with Crippen LogP contribution >= 0.6 is 0 Å². The molecule has 1 amide bonds. The number of nitrogens with two attached hydrogens (primary N) is 1. The van der Waals surface area contributed by atoms with Crippen LogP contribution in [-0.4, -0.2) is 42.6 Å². The quantitative estimate of drug-likeness (QED) is 0.386. The molecule has 0 unspecified atom stereocenters. The Kier molecular flexibility index (Phi) is 4.50. The molecule has 1 fully saturated rings. The monoisotopic (exact) mass is 215 g/mol. The second-order valence-electron chi connectivity index (χ2n) is 4.39. The van der Waals surface area contributed by atoms with Crippen molar-refractivity contribution in [2.24, 2.45) is 11.8 Å². The van der Waals surface area contributed by atoms with Crippen LogP contribution < -0.4 is 11.3 Å². The van der Waals surface area contributed by atoms with Crippen LogP contribution in [0.5, 0.6) is 0 Å². The van der Waals surface area contributed by atoms with Crippen LogP contribution in [-0.2, 0) is 9.53 Å². The number of amides is 1. The van der Waals surface area contributed by atoms with Crippen LogP contribution in [0, 0.1) is 5.92 Å². The van der Waals surface area contributed by atoms with E-state index in [1.807, 2.05) is 6.92 Å². The van der Waals surface area contributed by atoms with Gasteiger partial charge in [0.25, 0.3) is 0 Å². The first-order valence-corrected chi connectivity index (χ1v) is 5.41. The number of hydrogen-bond donors (Lipinski definition) is 2. The van der Waals surface area contributed by atoms with Crippen molar-refractivity contribution >= 4 is 5.91 Å². The molecule has 88 valence electrons. The van der Waals surface area contributed by atoms with Gasteiger partial charge in [0.05, 0.1) is 12.2 Å². The van der Waals surface area contributed by atoms with Crippen molar-refractivity contribution in [2.45, 2.75) is 33.0 Å². The molecule has 5 nitrogen and oxygen atoms in total. The van der Waals surface area contributed by atoms with Gasteiger partial charge >= 0.3 is 0 Å². The van der Waals surface area contributed by atoms with Crippen LogP contribution in [0.4, 0.5) is 0 Å². The molecule has 0 aromatic carbocycles. The standard InChI is InChI=1S/C10H21N3O2/c1-7(10(14)12-11)4-13-5-8(2)15-9(3)6-13/h7-9H,4-6,11H2,1-3H3,(H,12,14)/t7-,8+,9+/m0/s1. The molecule has 15 heavy (non-hydrogen) atoms. The van der Waals surface area contributed by atoms with Gasteiger partial charge < -0.3 is 4.74 Å². The minimum Gasteiger partial charge on any atom is -0.373 e. The summed E-state index contributed by atoms with van der Waals surface area (Å²) in [6.07, 6.45) is 0.476. The van der Waals surface area contributed by atoms with Gasteiger partial charge in [-0.15, -0.1) is 0 Å². The Morgan fingerprint density at radius 3 is 2.53 bits per heavy atom.